The maximum Gasteiger partial charge on any atom is 0.409 e. The van der Waals surface area contributed by atoms with Crippen LogP contribution in [0, 0.1) is 5.92 Å². The van der Waals surface area contributed by atoms with Gasteiger partial charge in [-0.25, -0.2) is 9.59 Å². The fourth-order valence-electron chi connectivity index (χ4n) is 0.901. The Labute approximate surface area is 87.4 Å². The van der Waals surface area contributed by atoms with E-state index < -0.39 is 18.1 Å². The smallest absolute Gasteiger partial charge is 0.409 e. The van der Waals surface area contributed by atoms with Crippen LogP contribution in [0.4, 0.5) is 4.79 Å². The van der Waals surface area contributed by atoms with Gasteiger partial charge in [0.15, 0.2) is 6.07 Å². The van der Waals surface area contributed by atoms with Crippen molar-refractivity contribution in [3.63, 3.8) is 0 Å². The lowest BCUT2D eigenvalue weighted by molar-refractivity contribution is -0.140. The summed E-state index contributed by atoms with van der Waals surface area (Å²) in [5, 5.41) is 11.0. The number of aliphatic carboxylic acids is 1. The molecule has 2 N–H and O–H groups in total. The van der Waals surface area contributed by atoms with Crippen molar-refractivity contribution in [2.24, 2.45) is 5.92 Å². The van der Waals surface area contributed by atoms with Gasteiger partial charge in [-0.1, -0.05) is 31.9 Å². The van der Waals surface area contributed by atoms with Crippen LogP contribution in [-0.2, 0) is 9.53 Å². The maximum absolute atomic E-state index is 10.9. The Bertz CT molecular complexity index is 210. The number of carboxylic acid groups (broad SMARTS) is 1. The van der Waals surface area contributed by atoms with Crippen LogP contribution in [0.1, 0.15) is 20.3 Å². The van der Waals surface area contributed by atoms with Gasteiger partial charge >= 0.3 is 12.1 Å². The molecule has 0 saturated carbocycles. The van der Waals surface area contributed by atoms with Crippen LogP contribution in [0.25, 0.3) is 0 Å². The van der Waals surface area contributed by atoms with Crippen molar-refractivity contribution in [3.05, 3.63) is 0 Å². The summed E-state index contributed by atoms with van der Waals surface area (Å²) >= 11 is 5.14. The second kappa shape index (κ2) is 6.48. The molecule has 0 bridgehead atoms. The van der Waals surface area contributed by atoms with Crippen LogP contribution < -0.4 is 5.32 Å². The molecule has 0 spiro atoms. The molecule has 0 heterocycles. The number of carbonyl (C=O) groups is 2. The van der Waals surface area contributed by atoms with E-state index in [4.69, 9.17) is 16.7 Å². The molecule has 0 fully saturated rings. The Morgan fingerprint density at radius 2 is 2.14 bits per heavy atom. The first-order valence-corrected chi connectivity index (χ1v) is 4.78. The van der Waals surface area contributed by atoms with E-state index in [9.17, 15) is 9.59 Å². The highest BCUT2D eigenvalue weighted by molar-refractivity contribution is 6.17. The average molecular weight is 224 g/mol. The van der Waals surface area contributed by atoms with Gasteiger partial charge in [0.2, 0.25) is 0 Å². The van der Waals surface area contributed by atoms with Gasteiger partial charge in [-0.3, -0.25) is 0 Å². The molecule has 82 valence electrons. The highest BCUT2D eigenvalue weighted by atomic mass is 35.5. The number of alkyl halides is 1. The molecule has 0 radical (unpaired) electrons. The highest BCUT2D eigenvalue weighted by Gasteiger charge is 2.25. The minimum atomic E-state index is -1.08. The minimum absolute atomic E-state index is 0.157. The number of halogens is 1. The molecule has 0 rings (SSSR count). The first-order valence-electron chi connectivity index (χ1n) is 4.25. The van der Waals surface area contributed by atoms with Crippen molar-refractivity contribution in [2.45, 2.75) is 26.3 Å². The summed E-state index contributed by atoms with van der Waals surface area (Å²) in [5.74, 6) is -1.23. The molecule has 1 amide bonds. The standard InChI is InChI=1S/C8H14ClNO4/c1-3-5(2)6(7(11)12)10-8(13)14-4-9/h5-6H,3-4H2,1-2H3,(H,10,13)(H,11,12). The Hall–Kier alpha value is -0.970. The quantitative estimate of drug-likeness (QED) is 0.691. The van der Waals surface area contributed by atoms with Gasteiger partial charge < -0.3 is 15.2 Å². The van der Waals surface area contributed by atoms with Crippen molar-refractivity contribution in [1.82, 2.24) is 5.32 Å². The molecule has 5 nitrogen and oxygen atoms in total. The van der Waals surface area contributed by atoms with Gasteiger partial charge in [0, 0.05) is 0 Å². The van der Waals surface area contributed by atoms with Crippen LogP contribution in [0.5, 0.6) is 0 Å². The fourth-order valence-corrected chi connectivity index (χ4v) is 1.00. The lowest BCUT2D eigenvalue weighted by Gasteiger charge is -2.19. The van der Waals surface area contributed by atoms with Crippen molar-refractivity contribution in [1.29, 1.82) is 0 Å². The number of ether oxygens (including phenoxy) is 1. The summed E-state index contributed by atoms with van der Waals surface area (Å²) in [4.78, 5) is 21.6. The molecule has 0 aromatic heterocycles. The largest absolute Gasteiger partial charge is 0.480 e. The lowest BCUT2D eigenvalue weighted by atomic mass is 10.00. The molecule has 0 aliphatic rings. The second-order valence-electron chi connectivity index (χ2n) is 2.89. The molecule has 0 aromatic rings. The number of hydrogen-bond acceptors (Lipinski definition) is 3. The Morgan fingerprint density at radius 3 is 2.50 bits per heavy atom. The molecule has 2 atom stereocenters. The van der Waals surface area contributed by atoms with Gasteiger partial charge in [-0.2, -0.15) is 0 Å². The zero-order chi connectivity index (χ0) is 11.1. The molecule has 0 saturated heterocycles. The van der Waals surface area contributed by atoms with Crippen LogP contribution >= 0.6 is 11.6 Å². The van der Waals surface area contributed by atoms with E-state index in [-0.39, 0.29) is 12.0 Å². The van der Waals surface area contributed by atoms with Gasteiger partial charge in [-0.15, -0.1) is 0 Å². The van der Waals surface area contributed by atoms with Gasteiger partial charge in [0.05, 0.1) is 0 Å². The molecule has 6 heteroatoms. The van der Waals surface area contributed by atoms with Crippen LogP contribution in [0.15, 0.2) is 0 Å². The number of carbonyl (C=O) groups excluding carboxylic acids is 1. The lowest BCUT2D eigenvalue weighted by Crippen LogP contribution is -2.45. The maximum atomic E-state index is 10.9. The number of carboxylic acids is 1. The molecule has 2 unspecified atom stereocenters. The van der Waals surface area contributed by atoms with Gasteiger partial charge in [0.1, 0.15) is 6.04 Å². The average Bonchev–Trinajstić information content (AvgIpc) is 2.13. The van der Waals surface area contributed by atoms with Gasteiger partial charge in [0.25, 0.3) is 0 Å². The number of nitrogens with one attached hydrogen (secondary N) is 1. The molecule has 14 heavy (non-hydrogen) atoms. The zero-order valence-electron chi connectivity index (χ0n) is 8.12. The predicted molar refractivity (Wildman–Crippen MR) is 51.2 cm³/mol. The first kappa shape index (κ1) is 13.0. The summed E-state index contributed by atoms with van der Waals surface area (Å²) in [5.41, 5.74) is 0. The van der Waals surface area contributed by atoms with Crippen LogP contribution in [-0.4, -0.2) is 29.3 Å². The summed E-state index contributed by atoms with van der Waals surface area (Å²) in [6, 6.07) is -1.23. The molecule has 0 aliphatic heterocycles. The number of hydrogen-bond donors (Lipinski definition) is 2. The monoisotopic (exact) mass is 223 g/mol. The summed E-state index contributed by atoms with van der Waals surface area (Å²) in [6.07, 6.45) is -0.161. The second-order valence-corrected chi connectivity index (χ2v) is 3.10. The van der Waals surface area contributed by atoms with Crippen molar-refractivity contribution >= 4 is 23.7 Å². The molecular weight excluding hydrogens is 210 g/mol. The van der Waals surface area contributed by atoms with E-state index in [1.54, 1.807) is 6.92 Å². The van der Waals surface area contributed by atoms with E-state index in [2.05, 4.69) is 10.1 Å². The Balaban J connectivity index is 4.23. The Morgan fingerprint density at radius 1 is 1.57 bits per heavy atom. The van der Waals surface area contributed by atoms with E-state index in [1.165, 1.54) is 0 Å². The highest BCUT2D eigenvalue weighted by Crippen LogP contribution is 2.07. The van der Waals surface area contributed by atoms with Crippen molar-refractivity contribution < 1.29 is 19.4 Å². The van der Waals surface area contributed by atoms with Crippen molar-refractivity contribution in [3.8, 4) is 0 Å². The summed E-state index contributed by atoms with van der Waals surface area (Å²) in [6.45, 7) is 3.58. The third-order valence-electron chi connectivity index (χ3n) is 1.94. The van der Waals surface area contributed by atoms with E-state index >= 15 is 0 Å². The Kier molecular flexibility index (Phi) is 6.03. The van der Waals surface area contributed by atoms with E-state index in [0.717, 1.165) is 0 Å². The predicted octanol–water partition coefficient (Wildman–Crippen LogP) is 1.41. The molecule has 0 aromatic carbocycles. The molecule has 0 aliphatic carbocycles. The normalized spacial score (nSPS) is 14.2. The number of rotatable bonds is 5. The zero-order valence-corrected chi connectivity index (χ0v) is 8.87. The summed E-state index contributed by atoms with van der Waals surface area (Å²) in [7, 11) is 0. The van der Waals surface area contributed by atoms with Crippen LogP contribution in [0.3, 0.4) is 0 Å². The number of amides is 1. The van der Waals surface area contributed by atoms with Crippen LogP contribution in [0.2, 0.25) is 0 Å². The van der Waals surface area contributed by atoms with E-state index in [1.807, 2.05) is 6.92 Å². The van der Waals surface area contributed by atoms with E-state index in [0.29, 0.717) is 6.42 Å². The minimum Gasteiger partial charge on any atom is -0.480 e. The summed E-state index contributed by atoms with van der Waals surface area (Å²) < 4.78 is 4.37. The van der Waals surface area contributed by atoms with Gasteiger partial charge in [-0.05, 0) is 5.92 Å². The first-order chi connectivity index (χ1) is 6.52. The fraction of sp³-hybridized carbons (Fsp3) is 0.750. The van der Waals surface area contributed by atoms with Crippen molar-refractivity contribution in [2.75, 3.05) is 6.07 Å². The topological polar surface area (TPSA) is 75.6 Å². The SMILES string of the molecule is CCC(C)C(NC(=O)OCCl)C(=O)O. The molecular formula is C8H14ClNO4. The third-order valence-corrected chi connectivity index (χ3v) is 2.05. The third kappa shape index (κ3) is 4.32. The number of alkyl carbamates (subject to hydrolysis) is 1.